The average Bonchev–Trinajstić information content (AvgIpc) is 3.68. The second kappa shape index (κ2) is 14.3. The van der Waals surface area contributed by atoms with Crippen molar-refractivity contribution >= 4 is 41.1 Å². The highest BCUT2D eigenvalue weighted by atomic mass is 35.5. The van der Waals surface area contributed by atoms with Crippen molar-refractivity contribution in [3.05, 3.63) is 64.1 Å². The van der Waals surface area contributed by atoms with Crippen LogP contribution < -0.4 is 15.4 Å². The van der Waals surface area contributed by atoms with E-state index in [0.717, 1.165) is 44.1 Å². The maximum absolute atomic E-state index is 14.2. The van der Waals surface area contributed by atoms with Crippen LogP contribution in [0.2, 0.25) is 10.0 Å². The van der Waals surface area contributed by atoms with Crippen LogP contribution in [0.4, 0.5) is 4.79 Å². The molecule has 1 aliphatic heterocycles. The van der Waals surface area contributed by atoms with Gasteiger partial charge in [0.25, 0.3) is 0 Å². The van der Waals surface area contributed by atoms with Crippen LogP contribution in [-0.4, -0.2) is 59.7 Å². The highest BCUT2D eigenvalue weighted by Gasteiger charge is 2.49. The predicted molar refractivity (Wildman–Crippen MR) is 166 cm³/mol. The summed E-state index contributed by atoms with van der Waals surface area (Å²) in [6.07, 6.45) is 7.90. The Hall–Kier alpha value is -2.81. The second-order valence-electron chi connectivity index (χ2n) is 12.4. The lowest BCUT2D eigenvalue weighted by Gasteiger charge is -2.36. The molecule has 1 heterocycles. The highest BCUT2D eigenvalue weighted by molar-refractivity contribution is 6.31. The fourth-order valence-corrected chi connectivity index (χ4v) is 7.00. The summed E-state index contributed by atoms with van der Waals surface area (Å²) in [5, 5.41) is 17.1. The van der Waals surface area contributed by atoms with Crippen molar-refractivity contribution in [2.24, 2.45) is 11.8 Å². The molecule has 2 aromatic carbocycles. The van der Waals surface area contributed by atoms with Gasteiger partial charge in [0, 0.05) is 34.5 Å². The number of nitrogens with one attached hydrogen (secondary N) is 2. The number of hydrogen-bond acceptors (Lipinski definition) is 5. The molecule has 0 aromatic heterocycles. The molecule has 232 valence electrons. The van der Waals surface area contributed by atoms with Gasteiger partial charge in [-0.25, -0.2) is 4.79 Å². The number of hydrogen-bond donors (Lipinski definition) is 3. The summed E-state index contributed by atoms with van der Waals surface area (Å²) < 4.78 is 5.86. The minimum Gasteiger partial charge on any atom is -0.410 e. The summed E-state index contributed by atoms with van der Waals surface area (Å²) in [6.45, 7) is 0.575. The molecule has 2 saturated carbocycles. The van der Waals surface area contributed by atoms with Gasteiger partial charge in [-0.05, 0) is 73.9 Å². The predicted octanol–water partition coefficient (Wildman–Crippen LogP) is 5.87. The molecule has 3 N–H and O–H groups in total. The third-order valence-electron chi connectivity index (χ3n) is 9.26. The minimum absolute atomic E-state index is 0.0598. The third kappa shape index (κ3) is 8.22. The van der Waals surface area contributed by atoms with Crippen molar-refractivity contribution in [3.63, 3.8) is 0 Å². The molecule has 3 amide bonds. The first kappa shape index (κ1) is 31.6. The van der Waals surface area contributed by atoms with E-state index < -0.39 is 18.2 Å². The van der Waals surface area contributed by atoms with E-state index in [1.165, 1.54) is 6.42 Å². The number of amides is 3. The second-order valence-corrected chi connectivity index (χ2v) is 13.3. The molecule has 5 rings (SSSR count). The van der Waals surface area contributed by atoms with Crippen molar-refractivity contribution in [1.82, 2.24) is 15.5 Å². The fraction of sp³-hybridized carbons (Fsp3) is 0.545. The molecule has 0 spiro atoms. The molecule has 3 aliphatic rings. The van der Waals surface area contributed by atoms with Crippen LogP contribution in [0, 0.1) is 11.8 Å². The van der Waals surface area contributed by atoms with Crippen LogP contribution in [-0.2, 0) is 15.0 Å². The summed E-state index contributed by atoms with van der Waals surface area (Å²) >= 11 is 12.5. The zero-order valence-corrected chi connectivity index (χ0v) is 25.9. The minimum atomic E-state index is -0.821. The normalized spacial score (nSPS) is 21.0. The Balaban J connectivity index is 1.44. The molecule has 2 aliphatic carbocycles. The number of aliphatic hydroxyl groups excluding tert-OH is 1. The fourth-order valence-electron chi connectivity index (χ4n) is 6.63. The summed E-state index contributed by atoms with van der Waals surface area (Å²) in [7, 11) is 0. The van der Waals surface area contributed by atoms with Gasteiger partial charge in [-0.3, -0.25) is 14.5 Å². The van der Waals surface area contributed by atoms with E-state index in [0.29, 0.717) is 41.6 Å². The van der Waals surface area contributed by atoms with Crippen LogP contribution in [0.3, 0.4) is 0 Å². The van der Waals surface area contributed by atoms with E-state index in [1.54, 1.807) is 29.2 Å². The number of benzene rings is 2. The Bertz CT molecular complexity index is 1300. The van der Waals surface area contributed by atoms with Crippen molar-refractivity contribution < 1.29 is 24.2 Å². The topological polar surface area (TPSA) is 108 Å². The Morgan fingerprint density at radius 3 is 2.37 bits per heavy atom. The van der Waals surface area contributed by atoms with Gasteiger partial charge < -0.3 is 20.5 Å². The van der Waals surface area contributed by atoms with E-state index in [1.807, 2.05) is 24.3 Å². The first-order valence-corrected chi connectivity index (χ1v) is 16.2. The van der Waals surface area contributed by atoms with Crippen LogP contribution in [0.15, 0.2) is 48.5 Å². The lowest BCUT2D eigenvalue weighted by Crippen LogP contribution is -2.56. The molecular formula is C33H41Cl2N3O5. The molecule has 3 fully saturated rings. The van der Waals surface area contributed by atoms with Crippen molar-refractivity contribution in [2.45, 2.75) is 81.7 Å². The maximum Gasteiger partial charge on any atom is 0.415 e. The summed E-state index contributed by atoms with van der Waals surface area (Å²) in [5.41, 5.74) is 0.680. The van der Waals surface area contributed by atoms with Gasteiger partial charge >= 0.3 is 6.09 Å². The molecule has 2 aromatic rings. The molecule has 43 heavy (non-hydrogen) atoms. The highest BCUT2D eigenvalue weighted by Crippen LogP contribution is 2.50. The number of ether oxygens (including phenoxy) is 1. The molecule has 0 radical (unpaired) electrons. The largest absolute Gasteiger partial charge is 0.415 e. The first-order chi connectivity index (χ1) is 20.8. The number of halogens is 2. The van der Waals surface area contributed by atoms with E-state index in [9.17, 15) is 19.5 Å². The first-order valence-electron chi connectivity index (χ1n) is 15.5. The van der Waals surface area contributed by atoms with Crippen molar-refractivity contribution in [3.8, 4) is 5.75 Å². The van der Waals surface area contributed by atoms with Gasteiger partial charge in [-0.2, -0.15) is 0 Å². The number of nitrogens with zero attached hydrogens (tertiary/aromatic N) is 1. The van der Waals surface area contributed by atoms with Crippen molar-refractivity contribution in [1.29, 1.82) is 0 Å². The van der Waals surface area contributed by atoms with Gasteiger partial charge in [0.05, 0.1) is 12.6 Å². The van der Waals surface area contributed by atoms with E-state index in [-0.39, 0.29) is 42.2 Å². The van der Waals surface area contributed by atoms with Gasteiger partial charge in [-0.1, -0.05) is 73.5 Å². The molecule has 1 saturated heterocycles. The van der Waals surface area contributed by atoms with E-state index in [4.69, 9.17) is 27.9 Å². The van der Waals surface area contributed by atoms with Crippen LogP contribution >= 0.6 is 23.2 Å². The van der Waals surface area contributed by atoms with E-state index >= 15 is 0 Å². The monoisotopic (exact) mass is 629 g/mol. The van der Waals surface area contributed by atoms with E-state index in [2.05, 4.69) is 10.6 Å². The van der Waals surface area contributed by atoms with Gasteiger partial charge in [-0.15, -0.1) is 0 Å². The molecule has 8 nitrogen and oxygen atoms in total. The SMILES string of the molecule is O=C1NCC[C@H]1C[C@@H](CO)NC(=O)[C@H](CC1CCCCC1)N(CC1(c2cccc(Cl)c2)CC1)C(=O)Oc1cccc(Cl)c1. The van der Waals surface area contributed by atoms with Gasteiger partial charge in [0.2, 0.25) is 11.8 Å². The maximum atomic E-state index is 14.2. The van der Waals surface area contributed by atoms with Crippen LogP contribution in [0.5, 0.6) is 5.75 Å². The zero-order chi connectivity index (χ0) is 30.4. The lowest BCUT2D eigenvalue weighted by molar-refractivity contribution is -0.128. The molecular weight excluding hydrogens is 589 g/mol. The Morgan fingerprint density at radius 2 is 1.74 bits per heavy atom. The number of rotatable bonds is 12. The van der Waals surface area contributed by atoms with Crippen molar-refractivity contribution in [2.75, 3.05) is 19.7 Å². The Labute approximate surface area is 263 Å². The molecule has 0 unspecified atom stereocenters. The lowest BCUT2D eigenvalue weighted by atomic mass is 9.83. The molecule has 0 bridgehead atoms. The van der Waals surface area contributed by atoms with Gasteiger partial charge in [0.15, 0.2) is 0 Å². The average molecular weight is 631 g/mol. The standard InChI is InChI=1S/C33H41Cl2N3O5/c34-25-9-4-8-24(18-25)33(13-14-33)21-38(32(42)43-28-11-5-10-26(35)19-28)29(16-22-6-2-1-3-7-22)31(41)37-27(20-39)17-23-12-15-36-30(23)40/h4-5,8-11,18-19,22-23,27,29,39H,1-3,6-7,12-17,20-21H2,(H,36,40)(H,37,41)/t23-,27-,29-/m0/s1. The summed E-state index contributed by atoms with van der Waals surface area (Å²) in [4.78, 5) is 42.0. The number of carbonyl (C=O) groups is 3. The quantitative estimate of drug-likeness (QED) is 0.272. The number of aliphatic hydroxyl groups is 1. The molecule has 3 atom stereocenters. The summed E-state index contributed by atoms with van der Waals surface area (Å²) in [5.74, 6) is -0.0908. The Morgan fingerprint density at radius 1 is 1.02 bits per heavy atom. The zero-order valence-electron chi connectivity index (χ0n) is 24.4. The smallest absolute Gasteiger partial charge is 0.410 e. The Kier molecular flexibility index (Phi) is 10.5. The summed E-state index contributed by atoms with van der Waals surface area (Å²) in [6, 6.07) is 12.9. The van der Waals surface area contributed by atoms with Gasteiger partial charge in [0.1, 0.15) is 11.8 Å². The molecule has 10 heteroatoms. The van der Waals surface area contributed by atoms with Crippen LogP contribution in [0.25, 0.3) is 0 Å². The third-order valence-corrected chi connectivity index (χ3v) is 9.73. The van der Waals surface area contributed by atoms with Crippen LogP contribution in [0.1, 0.15) is 69.8 Å². The number of carbonyl (C=O) groups excluding carboxylic acids is 3.